The van der Waals surface area contributed by atoms with Crippen LogP contribution in [0, 0.1) is 5.82 Å². The quantitative estimate of drug-likeness (QED) is 0.726. The lowest BCUT2D eigenvalue weighted by molar-refractivity contribution is 0.393. The standard InChI is InChI=1S/C14H12FN3O4S/c1-18(2)23(19,20)12-8-7-11(21-12)14-16-13(17-22-14)9-3-5-10(15)6-4-9/h3-8H,1-2H3. The third-order valence-corrected chi connectivity index (χ3v) is 4.74. The van der Waals surface area contributed by atoms with Gasteiger partial charge in [-0.25, -0.2) is 17.1 Å². The van der Waals surface area contributed by atoms with Crippen molar-refractivity contribution in [2.24, 2.45) is 0 Å². The van der Waals surface area contributed by atoms with E-state index in [2.05, 4.69) is 10.1 Å². The van der Waals surface area contributed by atoms with E-state index in [1.54, 1.807) is 0 Å². The Hall–Kier alpha value is -2.52. The van der Waals surface area contributed by atoms with E-state index in [1.165, 1.54) is 50.5 Å². The second-order valence-corrected chi connectivity index (χ2v) is 6.92. The van der Waals surface area contributed by atoms with Crippen molar-refractivity contribution in [2.45, 2.75) is 5.09 Å². The maximum Gasteiger partial charge on any atom is 0.293 e. The molecule has 7 nitrogen and oxygen atoms in total. The van der Waals surface area contributed by atoms with Crippen molar-refractivity contribution in [3.05, 3.63) is 42.2 Å². The molecule has 0 radical (unpaired) electrons. The van der Waals surface area contributed by atoms with E-state index in [-0.39, 0.29) is 28.4 Å². The minimum Gasteiger partial charge on any atom is -0.438 e. The Balaban J connectivity index is 1.92. The number of furan rings is 1. The third-order valence-electron chi connectivity index (χ3n) is 3.06. The van der Waals surface area contributed by atoms with Crippen LogP contribution in [-0.4, -0.2) is 37.0 Å². The van der Waals surface area contributed by atoms with Crippen molar-refractivity contribution in [3.8, 4) is 23.0 Å². The lowest BCUT2D eigenvalue weighted by Gasteiger charge is -2.07. The molecule has 0 aliphatic carbocycles. The first-order chi connectivity index (χ1) is 10.9. The maximum absolute atomic E-state index is 12.9. The second kappa shape index (κ2) is 5.60. The SMILES string of the molecule is CN(C)S(=O)(=O)c1ccc(-c2nc(-c3ccc(F)cc3)no2)o1. The van der Waals surface area contributed by atoms with Crippen LogP contribution in [0.5, 0.6) is 0 Å². The van der Waals surface area contributed by atoms with E-state index in [9.17, 15) is 12.8 Å². The first-order valence-electron chi connectivity index (χ1n) is 6.50. The zero-order valence-corrected chi connectivity index (χ0v) is 13.0. The molecule has 0 unspecified atom stereocenters. The fourth-order valence-electron chi connectivity index (χ4n) is 1.79. The van der Waals surface area contributed by atoms with Gasteiger partial charge in [-0.05, 0) is 36.4 Å². The summed E-state index contributed by atoms with van der Waals surface area (Å²) < 4.78 is 48.2. The molecule has 9 heteroatoms. The number of hydrogen-bond acceptors (Lipinski definition) is 6. The molecule has 3 rings (SSSR count). The third kappa shape index (κ3) is 2.88. The highest BCUT2D eigenvalue weighted by molar-refractivity contribution is 7.88. The minimum absolute atomic E-state index is 0.0320. The van der Waals surface area contributed by atoms with Crippen molar-refractivity contribution >= 4 is 10.0 Å². The second-order valence-electron chi connectivity index (χ2n) is 4.84. The smallest absolute Gasteiger partial charge is 0.293 e. The molecule has 0 aliphatic heterocycles. The van der Waals surface area contributed by atoms with E-state index < -0.39 is 10.0 Å². The van der Waals surface area contributed by atoms with Crippen molar-refractivity contribution in [3.63, 3.8) is 0 Å². The van der Waals surface area contributed by atoms with Gasteiger partial charge in [0.1, 0.15) is 5.82 Å². The van der Waals surface area contributed by atoms with Gasteiger partial charge in [0.25, 0.3) is 15.9 Å². The van der Waals surface area contributed by atoms with Gasteiger partial charge in [-0.1, -0.05) is 5.16 Å². The average Bonchev–Trinajstić information content (AvgIpc) is 3.17. The Morgan fingerprint density at radius 2 is 1.78 bits per heavy atom. The molecule has 0 aliphatic rings. The normalized spacial score (nSPS) is 12.0. The molecule has 0 atom stereocenters. The van der Waals surface area contributed by atoms with Crippen LogP contribution in [0.15, 0.2) is 50.4 Å². The highest BCUT2D eigenvalue weighted by atomic mass is 32.2. The number of aromatic nitrogens is 2. The van der Waals surface area contributed by atoms with Crippen LogP contribution >= 0.6 is 0 Å². The number of benzene rings is 1. The average molecular weight is 337 g/mol. The Morgan fingerprint density at radius 1 is 1.09 bits per heavy atom. The number of rotatable bonds is 4. The molecule has 0 spiro atoms. The Bertz CT molecular complexity index is 929. The first-order valence-corrected chi connectivity index (χ1v) is 7.94. The van der Waals surface area contributed by atoms with Gasteiger partial charge < -0.3 is 8.94 Å². The highest BCUT2D eigenvalue weighted by Crippen LogP contribution is 2.26. The zero-order valence-electron chi connectivity index (χ0n) is 12.2. The summed E-state index contributed by atoms with van der Waals surface area (Å²) in [6, 6.07) is 8.31. The summed E-state index contributed by atoms with van der Waals surface area (Å²) in [5.41, 5.74) is 0.564. The summed E-state index contributed by atoms with van der Waals surface area (Å²) in [5, 5.41) is 3.55. The summed E-state index contributed by atoms with van der Waals surface area (Å²) >= 11 is 0. The minimum atomic E-state index is -3.68. The van der Waals surface area contributed by atoms with Crippen LogP contribution in [0.1, 0.15) is 0 Å². The molecule has 0 N–H and O–H groups in total. The number of sulfonamides is 1. The molecule has 2 aromatic heterocycles. The lowest BCUT2D eigenvalue weighted by Crippen LogP contribution is -2.21. The van der Waals surface area contributed by atoms with Gasteiger partial charge in [0, 0.05) is 19.7 Å². The highest BCUT2D eigenvalue weighted by Gasteiger charge is 2.23. The molecular formula is C14H12FN3O4S. The lowest BCUT2D eigenvalue weighted by atomic mass is 10.2. The van der Waals surface area contributed by atoms with Gasteiger partial charge in [0.2, 0.25) is 10.9 Å². The number of hydrogen-bond donors (Lipinski definition) is 0. The Morgan fingerprint density at radius 3 is 2.43 bits per heavy atom. The summed E-state index contributed by atoms with van der Waals surface area (Å²) in [4.78, 5) is 4.12. The number of halogens is 1. The van der Waals surface area contributed by atoms with E-state index in [0.717, 1.165) is 4.31 Å². The van der Waals surface area contributed by atoms with Crippen LogP contribution in [0.2, 0.25) is 0 Å². The topological polar surface area (TPSA) is 89.4 Å². The fraction of sp³-hybridized carbons (Fsp3) is 0.143. The van der Waals surface area contributed by atoms with Crippen LogP contribution < -0.4 is 0 Å². The molecule has 0 bridgehead atoms. The van der Waals surface area contributed by atoms with E-state index in [0.29, 0.717) is 5.56 Å². The van der Waals surface area contributed by atoms with Crippen LogP contribution in [-0.2, 0) is 10.0 Å². The largest absolute Gasteiger partial charge is 0.438 e. The van der Waals surface area contributed by atoms with E-state index in [1.807, 2.05) is 0 Å². The van der Waals surface area contributed by atoms with Gasteiger partial charge in [0.05, 0.1) is 0 Å². The predicted molar refractivity (Wildman–Crippen MR) is 78.3 cm³/mol. The summed E-state index contributed by atoms with van der Waals surface area (Å²) in [5.74, 6) is 0.0336. The van der Waals surface area contributed by atoms with E-state index >= 15 is 0 Å². The van der Waals surface area contributed by atoms with Gasteiger partial charge in [0.15, 0.2) is 5.76 Å². The predicted octanol–water partition coefficient (Wildman–Crippen LogP) is 2.39. The fourth-order valence-corrected chi connectivity index (χ4v) is 2.59. The molecule has 0 saturated carbocycles. The molecule has 120 valence electrons. The Kier molecular flexibility index (Phi) is 3.74. The molecule has 0 saturated heterocycles. The van der Waals surface area contributed by atoms with Gasteiger partial charge in [-0.15, -0.1) is 0 Å². The van der Waals surface area contributed by atoms with E-state index in [4.69, 9.17) is 8.94 Å². The molecule has 2 heterocycles. The van der Waals surface area contributed by atoms with Gasteiger partial charge >= 0.3 is 0 Å². The summed E-state index contributed by atoms with van der Waals surface area (Å²) in [6.07, 6.45) is 0. The molecular weight excluding hydrogens is 325 g/mol. The van der Waals surface area contributed by atoms with Crippen molar-refractivity contribution in [2.75, 3.05) is 14.1 Å². The monoisotopic (exact) mass is 337 g/mol. The van der Waals surface area contributed by atoms with Crippen LogP contribution in [0.25, 0.3) is 23.0 Å². The molecule has 0 amide bonds. The molecule has 3 aromatic rings. The zero-order chi connectivity index (χ0) is 16.6. The van der Waals surface area contributed by atoms with Crippen LogP contribution in [0.4, 0.5) is 4.39 Å². The van der Waals surface area contributed by atoms with Gasteiger partial charge in [-0.3, -0.25) is 0 Å². The van der Waals surface area contributed by atoms with Crippen LogP contribution in [0.3, 0.4) is 0 Å². The summed E-state index contributed by atoms with van der Waals surface area (Å²) in [7, 11) is -0.880. The van der Waals surface area contributed by atoms with Crippen molar-refractivity contribution in [1.82, 2.24) is 14.4 Å². The summed E-state index contributed by atoms with van der Waals surface area (Å²) in [6.45, 7) is 0. The molecule has 1 aromatic carbocycles. The van der Waals surface area contributed by atoms with Crippen molar-refractivity contribution < 1.29 is 21.7 Å². The van der Waals surface area contributed by atoms with Gasteiger partial charge in [-0.2, -0.15) is 4.98 Å². The molecule has 0 fully saturated rings. The first kappa shape index (κ1) is 15.4. The number of nitrogens with zero attached hydrogens (tertiary/aromatic N) is 3. The molecule has 23 heavy (non-hydrogen) atoms. The Labute approximate surface area is 131 Å². The van der Waals surface area contributed by atoms with Crippen molar-refractivity contribution in [1.29, 1.82) is 0 Å². The maximum atomic E-state index is 12.9.